The molecule has 1 N–H and O–H groups in total. The summed E-state index contributed by atoms with van der Waals surface area (Å²) in [4.78, 5) is 12.0. The van der Waals surface area contributed by atoms with Crippen molar-refractivity contribution in [2.24, 2.45) is 0 Å². The second-order valence-electron chi connectivity index (χ2n) is 4.32. The van der Waals surface area contributed by atoms with E-state index >= 15 is 0 Å². The molecular weight excluding hydrogens is 214 g/mol. The first-order valence-electron chi connectivity index (χ1n) is 5.70. The lowest BCUT2D eigenvalue weighted by molar-refractivity contribution is 0.0992. The van der Waals surface area contributed by atoms with Crippen molar-refractivity contribution >= 4 is 5.78 Å². The van der Waals surface area contributed by atoms with Crippen molar-refractivity contribution in [1.29, 1.82) is 0 Å². The third-order valence-electron chi connectivity index (χ3n) is 3.10. The number of nitrogens with one attached hydrogen (secondary N) is 1. The summed E-state index contributed by atoms with van der Waals surface area (Å²) >= 11 is 0. The van der Waals surface area contributed by atoms with Crippen LogP contribution >= 0.6 is 0 Å². The van der Waals surface area contributed by atoms with E-state index in [9.17, 15) is 4.79 Å². The van der Waals surface area contributed by atoms with Crippen LogP contribution in [0, 0.1) is 0 Å². The number of rotatable bonds is 3. The van der Waals surface area contributed by atoms with Gasteiger partial charge in [0.2, 0.25) is 0 Å². The molecule has 0 unspecified atom stereocenters. The Bertz CT molecular complexity index is 543. The van der Waals surface area contributed by atoms with E-state index in [0.717, 1.165) is 24.2 Å². The SMILES string of the molecule is O=C(Cc1ccoc1)c1ccc2c(c1)CNC2. The molecule has 1 aliphatic heterocycles. The molecule has 0 saturated heterocycles. The zero-order valence-electron chi connectivity index (χ0n) is 9.40. The molecule has 0 aliphatic carbocycles. The van der Waals surface area contributed by atoms with Crippen molar-refractivity contribution in [3.63, 3.8) is 0 Å². The molecule has 0 saturated carbocycles. The van der Waals surface area contributed by atoms with E-state index in [0.29, 0.717) is 6.42 Å². The quantitative estimate of drug-likeness (QED) is 0.818. The van der Waals surface area contributed by atoms with E-state index in [1.165, 1.54) is 11.1 Å². The van der Waals surface area contributed by atoms with Gasteiger partial charge < -0.3 is 9.73 Å². The molecule has 0 amide bonds. The van der Waals surface area contributed by atoms with Crippen LogP contribution in [0.3, 0.4) is 0 Å². The summed E-state index contributed by atoms with van der Waals surface area (Å²) in [7, 11) is 0. The van der Waals surface area contributed by atoms with Crippen LogP contribution in [-0.4, -0.2) is 5.78 Å². The second-order valence-corrected chi connectivity index (χ2v) is 4.32. The number of carbonyl (C=O) groups is 1. The van der Waals surface area contributed by atoms with Crippen LogP contribution in [0.25, 0.3) is 0 Å². The molecule has 0 atom stereocenters. The minimum Gasteiger partial charge on any atom is -0.472 e. The van der Waals surface area contributed by atoms with Crippen LogP contribution in [-0.2, 0) is 19.5 Å². The maximum absolute atomic E-state index is 12.0. The van der Waals surface area contributed by atoms with Crippen LogP contribution in [0.15, 0.2) is 41.2 Å². The summed E-state index contributed by atoms with van der Waals surface area (Å²) in [6.45, 7) is 1.77. The monoisotopic (exact) mass is 227 g/mol. The molecule has 3 nitrogen and oxygen atoms in total. The highest BCUT2D eigenvalue weighted by Crippen LogP contribution is 2.18. The maximum atomic E-state index is 12.0. The van der Waals surface area contributed by atoms with Crippen molar-refractivity contribution in [3.05, 3.63) is 59.0 Å². The van der Waals surface area contributed by atoms with Gasteiger partial charge in [0, 0.05) is 25.1 Å². The highest BCUT2D eigenvalue weighted by Gasteiger charge is 2.13. The molecule has 0 radical (unpaired) electrons. The smallest absolute Gasteiger partial charge is 0.167 e. The molecule has 1 aromatic carbocycles. The zero-order chi connectivity index (χ0) is 11.7. The number of furan rings is 1. The minimum absolute atomic E-state index is 0.140. The summed E-state index contributed by atoms with van der Waals surface area (Å²) < 4.78 is 4.96. The predicted molar refractivity (Wildman–Crippen MR) is 63.7 cm³/mol. The molecule has 3 heteroatoms. The summed E-state index contributed by atoms with van der Waals surface area (Å²) in [5.41, 5.74) is 4.25. The Kier molecular flexibility index (Phi) is 2.53. The Balaban J connectivity index is 1.82. The van der Waals surface area contributed by atoms with Crippen LogP contribution < -0.4 is 5.32 Å². The number of hydrogen-bond acceptors (Lipinski definition) is 3. The van der Waals surface area contributed by atoms with E-state index in [1.54, 1.807) is 12.5 Å². The van der Waals surface area contributed by atoms with Crippen LogP contribution in [0.2, 0.25) is 0 Å². The van der Waals surface area contributed by atoms with Gasteiger partial charge in [-0.15, -0.1) is 0 Å². The minimum atomic E-state index is 0.140. The van der Waals surface area contributed by atoms with Gasteiger partial charge in [-0.25, -0.2) is 0 Å². The summed E-state index contributed by atoms with van der Waals surface area (Å²) in [5.74, 6) is 0.140. The van der Waals surface area contributed by atoms with Crippen molar-refractivity contribution in [2.75, 3.05) is 0 Å². The Morgan fingerprint density at radius 1 is 1.24 bits per heavy atom. The van der Waals surface area contributed by atoms with Crippen LogP contribution in [0.1, 0.15) is 27.0 Å². The molecule has 2 heterocycles. The first-order valence-corrected chi connectivity index (χ1v) is 5.70. The van der Waals surface area contributed by atoms with E-state index in [2.05, 4.69) is 5.32 Å². The standard InChI is InChI=1S/C14H13NO2/c16-14(5-10-3-4-17-9-10)11-1-2-12-7-15-8-13(12)6-11/h1-4,6,9,15H,5,7-8H2. The predicted octanol–water partition coefficient (Wildman–Crippen LogP) is 2.31. The Morgan fingerprint density at radius 2 is 2.12 bits per heavy atom. The third-order valence-corrected chi connectivity index (χ3v) is 3.10. The lowest BCUT2D eigenvalue weighted by Gasteiger charge is -2.02. The van der Waals surface area contributed by atoms with Crippen molar-refractivity contribution in [3.8, 4) is 0 Å². The number of fused-ring (bicyclic) bond motifs is 1. The molecule has 1 aromatic heterocycles. The van der Waals surface area contributed by atoms with Gasteiger partial charge in [0.25, 0.3) is 0 Å². The molecule has 17 heavy (non-hydrogen) atoms. The highest BCUT2D eigenvalue weighted by atomic mass is 16.3. The van der Waals surface area contributed by atoms with E-state index < -0.39 is 0 Å². The molecule has 0 spiro atoms. The fourth-order valence-electron chi connectivity index (χ4n) is 2.15. The molecule has 0 bridgehead atoms. The lowest BCUT2D eigenvalue weighted by atomic mass is 10.0. The zero-order valence-corrected chi connectivity index (χ0v) is 9.40. The molecule has 3 rings (SSSR count). The lowest BCUT2D eigenvalue weighted by Crippen LogP contribution is -2.03. The fraction of sp³-hybridized carbons (Fsp3) is 0.214. The van der Waals surface area contributed by atoms with Gasteiger partial charge >= 0.3 is 0 Å². The average molecular weight is 227 g/mol. The Hall–Kier alpha value is -1.87. The number of hydrogen-bond donors (Lipinski definition) is 1. The number of carbonyl (C=O) groups excluding carboxylic acids is 1. The van der Waals surface area contributed by atoms with Crippen LogP contribution in [0.4, 0.5) is 0 Å². The van der Waals surface area contributed by atoms with Crippen molar-refractivity contribution < 1.29 is 9.21 Å². The van der Waals surface area contributed by atoms with Crippen LogP contribution in [0.5, 0.6) is 0 Å². The number of benzene rings is 1. The maximum Gasteiger partial charge on any atom is 0.167 e. The second kappa shape index (κ2) is 4.18. The molecule has 0 fully saturated rings. The normalized spacial score (nSPS) is 13.6. The van der Waals surface area contributed by atoms with Crippen molar-refractivity contribution in [2.45, 2.75) is 19.5 Å². The summed E-state index contributed by atoms with van der Waals surface area (Å²) in [6, 6.07) is 7.77. The fourth-order valence-corrected chi connectivity index (χ4v) is 2.15. The summed E-state index contributed by atoms with van der Waals surface area (Å²) in [5, 5.41) is 3.27. The Morgan fingerprint density at radius 3 is 2.94 bits per heavy atom. The first-order chi connectivity index (χ1) is 8.33. The van der Waals surface area contributed by atoms with Gasteiger partial charge in [-0.3, -0.25) is 4.79 Å². The average Bonchev–Trinajstić information content (AvgIpc) is 2.97. The third kappa shape index (κ3) is 2.01. The van der Waals surface area contributed by atoms with Gasteiger partial charge in [0.15, 0.2) is 5.78 Å². The van der Waals surface area contributed by atoms with Crippen molar-refractivity contribution in [1.82, 2.24) is 5.32 Å². The molecule has 86 valence electrons. The summed E-state index contributed by atoms with van der Waals surface area (Å²) in [6.07, 6.45) is 3.62. The molecule has 1 aliphatic rings. The van der Waals surface area contributed by atoms with Gasteiger partial charge in [-0.1, -0.05) is 12.1 Å². The van der Waals surface area contributed by atoms with E-state index in [-0.39, 0.29) is 5.78 Å². The van der Waals surface area contributed by atoms with Gasteiger partial charge in [0.05, 0.1) is 12.5 Å². The van der Waals surface area contributed by atoms with Gasteiger partial charge in [-0.2, -0.15) is 0 Å². The van der Waals surface area contributed by atoms with E-state index in [1.807, 2.05) is 24.3 Å². The van der Waals surface area contributed by atoms with Gasteiger partial charge in [-0.05, 0) is 28.8 Å². The van der Waals surface area contributed by atoms with Gasteiger partial charge in [0.1, 0.15) is 0 Å². The first kappa shape index (κ1) is 10.3. The molecule has 2 aromatic rings. The number of ketones is 1. The Labute approximate surface area is 99.4 Å². The largest absolute Gasteiger partial charge is 0.472 e. The van der Waals surface area contributed by atoms with E-state index in [4.69, 9.17) is 4.42 Å². The number of Topliss-reactive ketones (excluding diaryl/α,β-unsaturated/α-hetero) is 1. The topological polar surface area (TPSA) is 42.2 Å². The highest BCUT2D eigenvalue weighted by molar-refractivity contribution is 5.97. The molecular formula is C14H13NO2.